The van der Waals surface area contributed by atoms with Crippen molar-refractivity contribution >= 4 is 11.9 Å². The van der Waals surface area contributed by atoms with E-state index in [0.717, 1.165) is 57.8 Å². The molecule has 5 nitrogen and oxygen atoms in total. The minimum atomic E-state index is -0.768. The van der Waals surface area contributed by atoms with Crippen LogP contribution in [-0.4, -0.2) is 36.4 Å². The maximum atomic E-state index is 12.3. The van der Waals surface area contributed by atoms with Gasteiger partial charge < -0.3 is 14.6 Å². The van der Waals surface area contributed by atoms with Gasteiger partial charge in [-0.25, -0.2) is 0 Å². The van der Waals surface area contributed by atoms with Gasteiger partial charge in [0.15, 0.2) is 6.10 Å². The zero-order valence-corrected chi connectivity index (χ0v) is 45.6. The van der Waals surface area contributed by atoms with E-state index in [4.69, 9.17) is 9.47 Å². The van der Waals surface area contributed by atoms with Crippen molar-refractivity contribution in [1.82, 2.24) is 0 Å². The molecule has 0 radical (unpaired) electrons. The Balaban J connectivity index is 3.40. The topological polar surface area (TPSA) is 72.8 Å². The van der Waals surface area contributed by atoms with E-state index in [1.807, 2.05) is 0 Å². The van der Waals surface area contributed by atoms with Crippen LogP contribution in [0.5, 0.6) is 0 Å². The quantitative estimate of drug-likeness (QED) is 0.0374. The first-order valence-corrected chi connectivity index (χ1v) is 30.2. The summed E-state index contributed by atoms with van der Waals surface area (Å²) in [4.78, 5) is 24.5. The molecule has 0 bridgehead atoms. The molecule has 5 heteroatoms. The van der Waals surface area contributed by atoms with Gasteiger partial charge in [0.1, 0.15) is 6.61 Å². The van der Waals surface area contributed by atoms with Crippen molar-refractivity contribution in [2.24, 2.45) is 0 Å². The van der Waals surface area contributed by atoms with Gasteiger partial charge >= 0.3 is 11.9 Å². The Morgan fingerprint density at radius 3 is 0.956 bits per heavy atom. The molecule has 1 unspecified atom stereocenters. The van der Waals surface area contributed by atoms with Gasteiger partial charge in [-0.2, -0.15) is 0 Å². The average Bonchev–Trinajstić information content (AvgIpc) is 3.34. The first kappa shape index (κ1) is 65.9. The monoisotopic (exact) mass is 953 g/mol. The maximum Gasteiger partial charge on any atom is 0.306 e. The lowest BCUT2D eigenvalue weighted by molar-refractivity contribution is -0.161. The van der Waals surface area contributed by atoms with Crippen LogP contribution in [-0.2, 0) is 19.1 Å². The third-order valence-electron chi connectivity index (χ3n) is 13.6. The summed E-state index contributed by atoms with van der Waals surface area (Å²) in [6.07, 6.45) is 78.2. The van der Waals surface area contributed by atoms with Crippen molar-refractivity contribution < 1.29 is 24.2 Å². The number of allylic oxidation sites excluding steroid dienone is 8. The Morgan fingerprint density at radius 1 is 0.353 bits per heavy atom. The largest absolute Gasteiger partial charge is 0.462 e. The van der Waals surface area contributed by atoms with E-state index in [-0.39, 0.29) is 25.2 Å². The molecule has 0 spiro atoms. The van der Waals surface area contributed by atoms with E-state index in [1.54, 1.807) is 0 Å². The van der Waals surface area contributed by atoms with E-state index in [9.17, 15) is 14.7 Å². The number of esters is 2. The summed E-state index contributed by atoms with van der Waals surface area (Å²) >= 11 is 0. The summed E-state index contributed by atoms with van der Waals surface area (Å²) in [6, 6.07) is 0. The number of carbonyl (C=O) groups excluding carboxylic acids is 2. The molecule has 398 valence electrons. The van der Waals surface area contributed by atoms with Crippen LogP contribution < -0.4 is 0 Å². The molecule has 0 aromatic carbocycles. The van der Waals surface area contributed by atoms with Crippen molar-refractivity contribution in [3.63, 3.8) is 0 Å². The van der Waals surface area contributed by atoms with Gasteiger partial charge in [-0.3, -0.25) is 9.59 Å². The second-order valence-corrected chi connectivity index (χ2v) is 20.4. The van der Waals surface area contributed by atoms with E-state index in [1.165, 1.54) is 238 Å². The highest BCUT2D eigenvalue weighted by Crippen LogP contribution is 2.18. The number of aliphatic hydroxyl groups excluding tert-OH is 1. The summed E-state index contributed by atoms with van der Waals surface area (Å²) in [5, 5.41) is 9.66. The van der Waals surface area contributed by atoms with E-state index >= 15 is 0 Å². The van der Waals surface area contributed by atoms with Crippen LogP contribution in [0.25, 0.3) is 0 Å². The first-order valence-electron chi connectivity index (χ1n) is 30.2. The van der Waals surface area contributed by atoms with Gasteiger partial charge in [-0.15, -0.1) is 0 Å². The van der Waals surface area contributed by atoms with Crippen molar-refractivity contribution in [3.8, 4) is 0 Å². The Kier molecular flexibility index (Phi) is 57.3. The van der Waals surface area contributed by atoms with Crippen LogP contribution in [0.1, 0.15) is 322 Å². The van der Waals surface area contributed by atoms with Crippen LogP contribution in [0.15, 0.2) is 48.6 Å². The maximum absolute atomic E-state index is 12.3. The van der Waals surface area contributed by atoms with E-state index < -0.39 is 6.10 Å². The van der Waals surface area contributed by atoms with E-state index in [2.05, 4.69) is 62.5 Å². The number of carbonyl (C=O) groups is 2. The molecule has 0 fully saturated rings. The average molecular weight is 954 g/mol. The Morgan fingerprint density at radius 2 is 0.632 bits per heavy atom. The molecule has 0 aliphatic rings. The number of hydrogen-bond donors (Lipinski definition) is 1. The van der Waals surface area contributed by atoms with Crippen molar-refractivity contribution in [3.05, 3.63) is 48.6 Å². The normalized spacial score (nSPS) is 12.5. The molecular formula is C63H116O5. The smallest absolute Gasteiger partial charge is 0.306 e. The second-order valence-electron chi connectivity index (χ2n) is 20.4. The summed E-state index contributed by atoms with van der Waals surface area (Å²) in [6.45, 7) is 4.08. The van der Waals surface area contributed by atoms with E-state index in [0.29, 0.717) is 12.8 Å². The first-order chi connectivity index (χ1) is 33.6. The van der Waals surface area contributed by atoms with Gasteiger partial charge in [0, 0.05) is 12.8 Å². The molecule has 0 heterocycles. The highest BCUT2D eigenvalue weighted by molar-refractivity contribution is 5.70. The fourth-order valence-corrected chi connectivity index (χ4v) is 9.14. The zero-order valence-electron chi connectivity index (χ0n) is 45.6. The fraction of sp³-hybridized carbons (Fsp3) is 0.841. The minimum absolute atomic E-state index is 0.0592. The minimum Gasteiger partial charge on any atom is -0.462 e. The van der Waals surface area contributed by atoms with Crippen LogP contribution in [0.2, 0.25) is 0 Å². The number of aliphatic hydroxyl groups is 1. The molecule has 0 aromatic rings. The van der Waals surface area contributed by atoms with Crippen molar-refractivity contribution in [1.29, 1.82) is 0 Å². The zero-order chi connectivity index (χ0) is 49.2. The highest BCUT2D eigenvalue weighted by Gasteiger charge is 2.16. The summed E-state index contributed by atoms with van der Waals surface area (Å²) in [7, 11) is 0. The van der Waals surface area contributed by atoms with Crippen LogP contribution in [0, 0.1) is 0 Å². The third kappa shape index (κ3) is 56.4. The van der Waals surface area contributed by atoms with Gasteiger partial charge in [0.05, 0.1) is 6.61 Å². The van der Waals surface area contributed by atoms with Gasteiger partial charge in [0.25, 0.3) is 0 Å². The molecule has 68 heavy (non-hydrogen) atoms. The van der Waals surface area contributed by atoms with Crippen molar-refractivity contribution in [2.45, 2.75) is 328 Å². The standard InChI is InChI=1S/C63H116O5/c1-3-5-7-9-11-13-15-17-19-21-23-24-25-26-27-28-29-30-31-32-33-34-35-36-37-38-40-42-44-46-48-50-52-54-56-58-63(66)68-61(59-64)60-67-62(65)57-55-53-51-49-47-45-43-41-39-22-20-18-16-14-12-10-8-6-4-2/h5,7,11,13,17,19,23-24,61,64H,3-4,6,8-10,12,14-16,18,20-22,25-60H2,1-2H3/b7-5-,13-11-,19-17-,24-23-. The summed E-state index contributed by atoms with van der Waals surface area (Å²) in [5.41, 5.74) is 0. The predicted molar refractivity (Wildman–Crippen MR) is 297 cm³/mol. The summed E-state index contributed by atoms with van der Waals surface area (Å²) < 4.78 is 10.7. The second kappa shape index (κ2) is 59.2. The number of hydrogen-bond acceptors (Lipinski definition) is 5. The predicted octanol–water partition coefficient (Wildman–Crippen LogP) is 20.4. The molecule has 0 saturated carbocycles. The Bertz CT molecular complexity index is 1120. The molecule has 1 atom stereocenters. The Hall–Kier alpha value is -2.14. The number of unbranched alkanes of at least 4 members (excludes halogenated alkanes) is 40. The van der Waals surface area contributed by atoms with Crippen molar-refractivity contribution in [2.75, 3.05) is 13.2 Å². The van der Waals surface area contributed by atoms with Crippen LogP contribution in [0.4, 0.5) is 0 Å². The van der Waals surface area contributed by atoms with Gasteiger partial charge in [0.2, 0.25) is 0 Å². The van der Waals surface area contributed by atoms with Gasteiger partial charge in [-0.1, -0.05) is 306 Å². The Labute approximate surface area is 424 Å². The highest BCUT2D eigenvalue weighted by atomic mass is 16.6. The van der Waals surface area contributed by atoms with Crippen LogP contribution >= 0.6 is 0 Å². The molecule has 0 saturated heterocycles. The molecule has 0 aromatic heterocycles. The lowest BCUT2D eigenvalue weighted by Gasteiger charge is -2.15. The molecule has 0 rings (SSSR count). The molecule has 0 amide bonds. The number of ether oxygens (including phenoxy) is 2. The fourth-order valence-electron chi connectivity index (χ4n) is 9.14. The third-order valence-corrected chi connectivity index (χ3v) is 13.6. The lowest BCUT2D eigenvalue weighted by Crippen LogP contribution is -2.28. The molecule has 0 aliphatic carbocycles. The molecular weight excluding hydrogens is 837 g/mol. The SMILES string of the molecule is CC/C=C\C/C=C\C/C=C\C/C=C\CCCCCCCCCCCCCCCCCCCCCCCCC(=O)OC(CO)COC(=O)CCCCCCCCCCCCCCCCCCCCC. The molecule has 0 aliphatic heterocycles. The molecule has 1 N–H and O–H groups in total. The number of rotatable bonds is 56. The van der Waals surface area contributed by atoms with Gasteiger partial charge in [-0.05, 0) is 51.4 Å². The summed E-state index contributed by atoms with van der Waals surface area (Å²) in [5.74, 6) is -0.569. The lowest BCUT2D eigenvalue weighted by atomic mass is 10.0. The van der Waals surface area contributed by atoms with Crippen LogP contribution in [0.3, 0.4) is 0 Å².